The molecule has 0 aromatic rings. The number of esters is 3. The third-order valence-corrected chi connectivity index (χ3v) is 11.7. The highest BCUT2D eigenvalue weighted by atomic mass is 16.8. The summed E-state index contributed by atoms with van der Waals surface area (Å²) in [5.74, 6) is 0.468. The summed E-state index contributed by atoms with van der Waals surface area (Å²) in [6, 6.07) is 0. The molecule has 2 bridgehead atoms. The molecular formula is C29H42O8. The van der Waals surface area contributed by atoms with Crippen LogP contribution in [-0.2, 0) is 38.1 Å². The van der Waals surface area contributed by atoms with Crippen LogP contribution in [0.1, 0.15) is 92.4 Å². The first kappa shape index (κ1) is 25.6. The summed E-state index contributed by atoms with van der Waals surface area (Å²) in [5, 5.41) is 0. The zero-order valence-corrected chi connectivity index (χ0v) is 22.9. The first-order chi connectivity index (χ1) is 17.4. The van der Waals surface area contributed by atoms with Crippen molar-refractivity contribution in [3.8, 4) is 0 Å². The van der Waals surface area contributed by atoms with Gasteiger partial charge in [-0.3, -0.25) is 14.4 Å². The number of hydrogen-bond acceptors (Lipinski definition) is 8. The van der Waals surface area contributed by atoms with Crippen molar-refractivity contribution in [2.45, 2.75) is 117 Å². The van der Waals surface area contributed by atoms with E-state index >= 15 is 0 Å². The second-order valence-corrected chi connectivity index (χ2v) is 13.7. The topological polar surface area (TPSA) is 97.4 Å². The van der Waals surface area contributed by atoms with Crippen molar-refractivity contribution >= 4 is 17.9 Å². The largest absolute Gasteiger partial charge is 0.465 e. The summed E-state index contributed by atoms with van der Waals surface area (Å²) < 4.78 is 29.9. The van der Waals surface area contributed by atoms with Crippen molar-refractivity contribution < 1.29 is 38.1 Å². The number of fused-ring (bicyclic) bond motifs is 7. The number of rotatable bonds is 3. The van der Waals surface area contributed by atoms with Gasteiger partial charge >= 0.3 is 17.9 Å². The van der Waals surface area contributed by atoms with Gasteiger partial charge in [-0.2, -0.15) is 0 Å². The van der Waals surface area contributed by atoms with Crippen LogP contribution in [0.2, 0.25) is 0 Å². The molecule has 0 aromatic heterocycles. The summed E-state index contributed by atoms with van der Waals surface area (Å²) >= 11 is 0. The molecule has 3 saturated carbocycles. The third-order valence-electron chi connectivity index (χ3n) is 11.7. The second kappa shape index (κ2) is 8.41. The van der Waals surface area contributed by atoms with Gasteiger partial charge in [0.15, 0.2) is 11.9 Å². The molecular weight excluding hydrogens is 476 g/mol. The first-order valence-corrected chi connectivity index (χ1v) is 14.2. The van der Waals surface area contributed by atoms with E-state index in [1.807, 2.05) is 0 Å². The highest BCUT2D eigenvalue weighted by Crippen LogP contribution is 2.71. The number of ether oxygens (including phenoxy) is 5. The van der Waals surface area contributed by atoms with E-state index in [1.54, 1.807) is 0 Å². The van der Waals surface area contributed by atoms with E-state index in [-0.39, 0.29) is 52.4 Å². The summed E-state index contributed by atoms with van der Waals surface area (Å²) in [5.41, 5.74) is -0.897. The van der Waals surface area contributed by atoms with Crippen LogP contribution in [-0.4, -0.2) is 48.8 Å². The van der Waals surface area contributed by atoms with Gasteiger partial charge in [0.2, 0.25) is 6.29 Å². The van der Waals surface area contributed by atoms with E-state index in [1.165, 1.54) is 20.3 Å². The van der Waals surface area contributed by atoms with Crippen LogP contribution < -0.4 is 0 Å². The van der Waals surface area contributed by atoms with Gasteiger partial charge in [0.1, 0.15) is 6.10 Å². The minimum Gasteiger partial charge on any atom is -0.465 e. The number of carbonyl (C=O) groups excluding carboxylic acids is 3. The lowest BCUT2D eigenvalue weighted by molar-refractivity contribution is -0.226. The standard InChI is InChI=1S/C29H42O8/c1-16(30)33-15-26(3)10-6-11-28(5)20(26)9-12-27(4)19-13-22(34-17(2)31)29-14-23(32)35-25(29)36-24(37-29)18(19)7-8-21(27)28/h18-22,24-25H,6-15H2,1-5H3/t18-,19+,20-,21-,22+,24+,25+,26+,27-,28-,29-/m0/s1. The van der Waals surface area contributed by atoms with Crippen LogP contribution >= 0.6 is 0 Å². The van der Waals surface area contributed by atoms with Gasteiger partial charge in [-0.1, -0.05) is 27.2 Å². The summed E-state index contributed by atoms with van der Waals surface area (Å²) in [6.07, 6.45) is 6.51. The van der Waals surface area contributed by atoms with Crippen LogP contribution in [0.25, 0.3) is 0 Å². The van der Waals surface area contributed by atoms with E-state index in [4.69, 9.17) is 23.7 Å². The molecule has 0 aromatic carbocycles. The lowest BCUT2D eigenvalue weighted by Gasteiger charge is -2.67. The second-order valence-electron chi connectivity index (χ2n) is 13.7. The van der Waals surface area contributed by atoms with Crippen molar-refractivity contribution in [1.82, 2.24) is 0 Å². The van der Waals surface area contributed by atoms with Crippen LogP contribution in [0.3, 0.4) is 0 Å². The maximum Gasteiger partial charge on any atom is 0.311 e. The molecule has 0 radical (unpaired) electrons. The summed E-state index contributed by atoms with van der Waals surface area (Å²) in [6.45, 7) is 10.7. The molecule has 3 aliphatic carbocycles. The van der Waals surface area contributed by atoms with Gasteiger partial charge in [-0.15, -0.1) is 0 Å². The Morgan fingerprint density at radius 2 is 1.76 bits per heavy atom. The van der Waals surface area contributed by atoms with E-state index in [0.29, 0.717) is 24.9 Å². The van der Waals surface area contributed by atoms with Gasteiger partial charge in [0.25, 0.3) is 0 Å². The molecule has 0 N–H and O–H groups in total. The lowest BCUT2D eigenvalue weighted by Crippen LogP contribution is -2.61. The predicted molar refractivity (Wildman–Crippen MR) is 131 cm³/mol. The van der Waals surface area contributed by atoms with Gasteiger partial charge in [-0.25, -0.2) is 0 Å². The molecule has 37 heavy (non-hydrogen) atoms. The van der Waals surface area contributed by atoms with Crippen molar-refractivity contribution in [2.24, 2.45) is 39.9 Å². The Kier molecular flexibility index (Phi) is 5.82. The summed E-state index contributed by atoms with van der Waals surface area (Å²) in [7, 11) is 0. The van der Waals surface area contributed by atoms with Gasteiger partial charge in [0.05, 0.1) is 13.0 Å². The Labute approximate surface area is 219 Å². The van der Waals surface area contributed by atoms with Crippen molar-refractivity contribution in [3.05, 3.63) is 0 Å². The normalized spacial score (nSPS) is 52.0. The maximum absolute atomic E-state index is 12.3. The molecule has 8 heteroatoms. The molecule has 6 aliphatic rings. The molecule has 6 rings (SSSR count). The Morgan fingerprint density at radius 3 is 2.49 bits per heavy atom. The van der Waals surface area contributed by atoms with E-state index in [0.717, 1.165) is 38.5 Å². The zero-order valence-electron chi connectivity index (χ0n) is 22.9. The molecule has 206 valence electrons. The van der Waals surface area contributed by atoms with Crippen LogP contribution in [0.15, 0.2) is 0 Å². The smallest absolute Gasteiger partial charge is 0.311 e. The molecule has 6 fully saturated rings. The molecule has 0 amide bonds. The fraction of sp³-hybridized carbons (Fsp3) is 0.897. The quantitative estimate of drug-likeness (QED) is 0.397. The van der Waals surface area contributed by atoms with Gasteiger partial charge < -0.3 is 23.7 Å². The summed E-state index contributed by atoms with van der Waals surface area (Å²) in [4.78, 5) is 36.2. The highest BCUT2D eigenvalue weighted by Gasteiger charge is 2.71. The van der Waals surface area contributed by atoms with E-state index in [2.05, 4.69) is 20.8 Å². The van der Waals surface area contributed by atoms with Gasteiger partial charge in [-0.05, 0) is 73.5 Å². The zero-order chi connectivity index (χ0) is 26.4. The van der Waals surface area contributed by atoms with Crippen LogP contribution in [0.4, 0.5) is 0 Å². The van der Waals surface area contributed by atoms with E-state index < -0.39 is 24.3 Å². The maximum atomic E-state index is 12.3. The number of carbonyl (C=O) groups is 3. The third kappa shape index (κ3) is 3.64. The monoisotopic (exact) mass is 518 g/mol. The fourth-order valence-corrected chi connectivity index (χ4v) is 10.3. The Bertz CT molecular complexity index is 996. The SMILES string of the molecule is CC(=O)OC[C@@]1(C)CCC[C@]2(C)[C@H]3CC[C@@H]4[C@@H]5O[C@H]6OC(=O)C[C@]6(O5)[C@H](OC(C)=O)C[C@H]4[C@]3(C)CC[C@@H]12. The average molecular weight is 519 g/mol. The molecule has 11 atom stereocenters. The van der Waals surface area contributed by atoms with Crippen LogP contribution in [0, 0.1) is 39.9 Å². The minimum atomic E-state index is -1.05. The van der Waals surface area contributed by atoms with Crippen molar-refractivity contribution in [2.75, 3.05) is 6.61 Å². The van der Waals surface area contributed by atoms with Crippen LogP contribution in [0.5, 0.6) is 0 Å². The number of hydrogen-bond donors (Lipinski definition) is 0. The Morgan fingerprint density at radius 1 is 0.973 bits per heavy atom. The Balaban J connectivity index is 1.34. The molecule has 3 heterocycles. The average Bonchev–Trinajstić information content (AvgIpc) is 3.26. The Hall–Kier alpha value is -1.67. The molecule has 3 aliphatic heterocycles. The lowest BCUT2D eigenvalue weighted by atomic mass is 9.38. The minimum absolute atomic E-state index is 0.0143. The highest BCUT2D eigenvalue weighted by molar-refractivity contribution is 5.74. The molecule has 0 unspecified atom stereocenters. The van der Waals surface area contributed by atoms with Crippen molar-refractivity contribution in [3.63, 3.8) is 0 Å². The van der Waals surface area contributed by atoms with E-state index in [9.17, 15) is 14.4 Å². The molecule has 3 saturated heterocycles. The predicted octanol–water partition coefficient (Wildman–Crippen LogP) is 4.52. The first-order valence-electron chi connectivity index (χ1n) is 14.2. The van der Waals surface area contributed by atoms with Crippen molar-refractivity contribution in [1.29, 1.82) is 0 Å². The molecule has 8 nitrogen and oxygen atoms in total. The fourth-order valence-electron chi connectivity index (χ4n) is 10.3. The molecule has 1 spiro atoms. The van der Waals surface area contributed by atoms with Gasteiger partial charge in [0, 0.05) is 25.2 Å².